The molecule has 1 aromatic carbocycles. The zero-order valence-electron chi connectivity index (χ0n) is 21.7. The topological polar surface area (TPSA) is 60.5 Å². The molecule has 2 fully saturated rings. The second kappa shape index (κ2) is 14.2. The molecular weight excluding hydrogens is 463 g/mol. The summed E-state index contributed by atoms with van der Waals surface area (Å²) >= 11 is 0. The average Bonchev–Trinajstić information content (AvgIpc) is 3.15. The maximum absolute atomic E-state index is 14.5. The van der Waals surface area contributed by atoms with E-state index >= 15 is 0 Å². The van der Waals surface area contributed by atoms with Crippen molar-refractivity contribution in [1.82, 2.24) is 9.80 Å². The van der Waals surface area contributed by atoms with Crippen LogP contribution < -0.4 is 4.74 Å². The number of carbonyl (C=O) groups excluding carboxylic acids is 1. The van der Waals surface area contributed by atoms with Gasteiger partial charge in [0, 0.05) is 44.7 Å². The van der Waals surface area contributed by atoms with Gasteiger partial charge in [-0.25, -0.2) is 4.39 Å². The van der Waals surface area contributed by atoms with Crippen molar-refractivity contribution < 1.29 is 28.1 Å². The van der Waals surface area contributed by atoms with Crippen molar-refractivity contribution in [3.05, 3.63) is 65.7 Å². The first-order valence-electron chi connectivity index (χ1n) is 12.6. The first-order chi connectivity index (χ1) is 17.4. The average molecular weight is 503 g/mol. The van der Waals surface area contributed by atoms with Crippen molar-refractivity contribution in [3.63, 3.8) is 0 Å². The molecule has 8 heteroatoms. The summed E-state index contributed by atoms with van der Waals surface area (Å²) in [6, 6.07) is 4.80. The third-order valence-corrected chi connectivity index (χ3v) is 6.08. The normalized spacial score (nSPS) is 20.6. The Bertz CT molecular complexity index is 936. The molecule has 2 heterocycles. The zero-order valence-corrected chi connectivity index (χ0v) is 21.7. The Kier molecular flexibility index (Phi) is 11.0. The molecule has 1 aromatic rings. The van der Waals surface area contributed by atoms with Crippen LogP contribution in [0.4, 0.5) is 4.39 Å². The predicted molar refractivity (Wildman–Crippen MR) is 137 cm³/mol. The van der Waals surface area contributed by atoms with Crippen LogP contribution in [0.25, 0.3) is 0 Å². The number of morpholine rings is 1. The molecule has 1 atom stereocenters. The highest BCUT2D eigenvalue weighted by Crippen LogP contribution is 2.24. The molecule has 1 amide bonds. The van der Waals surface area contributed by atoms with Crippen LogP contribution >= 0.6 is 0 Å². The highest BCUT2D eigenvalue weighted by atomic mass is 19.1. The summed E-state index contributed by atoms with van der Waals surface area (Å²) in [5.41, 5.74) is 1.38. The molecule has 2 aliphatic heterocycles. The maximum atomic E-state index is 14.5. The standard InChI is InChI=1S/C28H39FN2O5/c1-5-22(10-11-23-20-34-13-7-14-35-23)17-31(16-21(2)3)28(32)27-19-30(12-15-36-27)18-24-25(29)8-6-9-26(24)33-4/h5-6,8-11,21,27H,1,7,12-20H2,2-4H3/b22-10+,23-11+. The fourth-order valence-corrected chi connectivity index (χ4v) is 4.26. The van der Waals surface area contributed by atoms with Crippen molar-refractivity contribution in [2.75, 3.05) is 59.7 Å². The first-order valence-corrected chi connectivity index (χ1v) is 12.6. The lowest BCUT2D eigenvalue weighted by molar-refractivity contribution is -0.149. The molecule has 0 spiro atoms. The molecule has 0 bridgehead atoms. The third kappa shape index (κ3) is 8.18. The van der Waals surface area contributed by atoms with Crippen molar-refractivity contribution in [1.29, 1.82) is 0 Å². The summed E-state index contributed by atoms with van der Waals surface area (Å²) in [5.74, 6) is 1.15. The van der Waals surface area contributed by atoms with Gasteiger partial charge in [-0.15, -0.1) is 0 Å². The van der Waals surface area contributed by atoms with Gasteiger partial charge in [0.1, 0.15) is 30.0 Å². The SMILES string of the molecule is C=C/C(=C\C=C1/COCCCO1)CN(CC(C)C)C(=O)C1CN(Cc2c(F)cccc2OC)CCO1. The Balaban J connectivity index is 1.70. The number of amides is 1. The number of benzene rings is 1. The molecule has 198 valence electrons. The summed E-state index contributed by atoms with van der Waals surface area (Å²) in [7, 11) is 1.53. The second-order valence-corrected chi connectivity index (χ2v) is 9.46. The van der Waals surface area contributed by atoms with Crippen molar-refractivity contribution in [2.45, 2.75) is 32.9 Å². The molecule has 0 N–H and O–H groups in total. The monoisotopic (exact) mass is 502 g/mol. The Labute approximate surface area is 214 Å². The molecule has 0 radical (unpaired) electrons. The van der Waals surface area contributed by atoms with E-state index in [1.807, 2.05) is 22.0 Å². The van der Waals surface area contributed by atoms with Crippen LogP contribution in [-0.2, 0) is 25.5 Å². The Hall–Kier alpha value is -2.68. The number of hydrogen-bond donors (Lipinski definition) is 0. The number of ether oxygens (including phenoxy) is 4. The fourth-order valence-electron chi connectivity index (χ4n) is 4.26. The molecule has 36 heavy (non-hydrogen) atoms. The van der Waals surface area contributed by atoms with E-state index in [0.29, 0.717) is 70.5 Å². The van der Waals surface area contributed by atoms with E-state index in [2.05, 4.69) is 20.4 Å². The van der Waals surface area contributed by atoms with Gasteiger partial charge in [-0.05, 0) is 29.7 Å². The molecule has 3 rings (SSSR count). The molecular formula is C28H39FN2O5. The predicted octanol–water partition coefficient (Wildman–Crippen LogP) is 3.95. The van der Waals surface area contributed by atoms with Gasteiger partial charge < -0.3 is 23.8 Å². The van der Waals surface area contributed by atoms with Gasteiger partial charge in [0.25, 0.3) is 5.91 Å². The van der Waals surface area contributed by atoms with E-state index in [0.717, 1.165) is 17.8 Å². The molecule has 7 nitrogen and oxygen atoms in total. The van der Waals surface area contributed by atoms with Crippen LogP contribution in [0, 0.1) is 11.7 Å². The quantitative estimate of drug-likeness (QED) is 0.452. The van der Waals surface area contributed by atoms with E-state index in [9.17, 15) is 9.18 Å². The molecule has 0 aromatic heterocycles. The van der Waals surface area contributed by atoms with Crippen LogP contribution in [0.15, 0.2) is 54.3 Å². The molecule has 2 saturated heterocycles. The molecule has 2 aliphatic rings. The minimum absolute atomic E-state index is 0.0802. The van der Waals surface area contributed by atoms with Gasteiger partial charge >= 0.3 is 0 Å². The van der Waals surface area contributed by atoms with Crippen LogP contribution in [-0.4, -0.2) is 81.5 Å². The van der Waals surface area contributed by atoms with Crippen LogP contribution in [0.1, 0.15) is 25.8 Å². The minimum Gasteiger partial charge on any atom is -0.496 e. The van der Waals surface area contributed by atoms with E-state index in [4.69, 9.17) is 18.9 Å². The number of hydrogen-bond acceptors (Lipinski definition) is 6. The van der Waals surface area contributed by atoms with Gasteiger partial charge in [0.15, 0.2) is 0 Å². The summed E-state index contributed by atoms with van der Waals surface area (Å²) in [6.45, 7) is 12.6. The van der Waals surface area contributed by atoms with Crippen molar-refractivity contribution in [3.8, 4) is 5.75 Å². The number of methoxy groups -OCH3 is 1. The van der Waals surface area contributed by atoms with Crippen molar-refractivity contribution >= 4 is 5.91 Å². The van der Waals surface area contributed by atoms with Crippen LogP contribution in [0.3, 0.4) is 0 Å². The number of nitrogens with zero attached hydrogens (tertiary/aromatic N) is 2. The Morgan fingerprint density at radius 2 is 2.17 bits per heavy atom. The highest BCUT2D eigenvalue weighted by Gasteiger charge is 2.31. The molecule has 1 unspecified atom stereocenters. The maximum Gasteiger partial charge on any atom is 0.253 e. The largest absolute Gasteiger partial charge is 0.496 e. The first kappa shape index (κ1) is 27.9. The van der Waals surface area contributed by atoms with Gasteiger partial charge in [-0.3, -0.25) is 9.69 Å². The van der Waals surface area contributed by atoms with Crippen LogP contribution in [0.5, 0.6) is 5.75 Å². The Morgan fingerprint density at radius 1 is 1.33 bits per heavy atom. The summed E-state index contributed by atoms with van der Waals surface area (Å²) in [5, 5.41) is 0. The lowest BCUT2D eigenvalue weighted by Crippen LogP contribution is -2.51. The number of rotatable bonds is 10. The Morgan fingerprint density at radius 3 is 2.92 bits per heavy atom. The van der Waals surface area contributed by atoms with Crippen LogP contribution in [0.2, 0.25) is 0 Å². The minimum atomic E-state index is -0.627. The number of carbonyl (C=O) groups is 1. The number of allylic oxidation sites excluding steroid dienone is 2. The van der Waals surface area contributed by atoms with Gasteiger partial charge in [0.05, 0.1) is 26.9 Å². The van der Waals surface area contributed by atoms with E-state index in [1.54, 1.807) is 18.2 Å². The second-order valence-electron chi connectivity index (χ2n) is 9.46. The lowest BCUT2D eigenvalue weighted by Gasteiger charge is -2.36. The highest BCUT2D eigenvalue weighted by molar-refractivity contribution is 5.81. The summed E-state index contributed by atoms with van der Waals surface area (Å²) < 4.78 is 37.0. The van der Waals surface area contributed by atoms with Gasteiger partial charge in [-0.2, -0.15) is 0 Å². The van der Waals surface area contributed by atoms with Gasteiger partial charge in [0.2, 0.25) is 0 Å². The van der Waals surface area contributed by atoms with Crippen molar-refractivity contribution in [2.24, 2.45) is 5.92 Å². The number of halogens is 1. The lowest BCUT2D eigenvalue weighted by atomic mass is 10.1. The molecule has 0 aliphatic carbocycles. The zero-order chi connectivity index (χ0) is 25.9. The summed E-state index contributed by atoms with van der Waals surface area (Å²) in [4.78, 5) is 17.4. The fraction of sp³-hybridized carbons (Fsp3) is 0.536. The van der Waals surface area contributed by atoms with E-state index in [1.165, 1.54) is 13.2 Å². The smallest absolute Gasteiger partial charge is 0.253 e. The van der Waals surface area contributed by atoms with E-state index in [-0.39, 0.29) is 17.6 Å². The van der Waals surface area contributed by atoms with Gasteiger partial charge in [-0.1, -0.05) is 38.6 Å². The van der Waals surface area contributed by atoms with E-state index < -0.39 is 6.10 Å². The summed E-state index contributed by atoms with van der Waals surface area (Å²) in [6.07, 6.45) is 5.82. The third-order valence-electron chi connectivity index (χ3n) is 6.08. The molecule has 0 saturated carbocycles.